The van der Waals surface area contributed by atoms with Crippen LogP contribution in [-0.4, -0.2) is 12.6 Å². The summed E-state index contributed by atoms with van der Waals surface area (Å²) in [6.07, 6.45) is 0.143. The minimum atomic E-state index is -0.265. The Morgan fingerprint density at radius 2 is 2.00 bits per heavy atom. The van der Waals surface area contributed by atoms with E-state index in [0.717, 1.165) is 32.2 Å². The molecule has 4 aromatic rings. The molecule has 0 aliphatic rings. The lowest BCUT2D eigenvalue weighted by Gasteiger charge is -2.03. The van der Waals surface area contributed by atoms with Crippen molar-refractivity contribution in [1.29, 1.82) is 0 Å². The van der Waals surface area contributed by atoms with Gasteiger partial charge in [-0.2, -0.15) is 0 Å². The molecule has 0 aliphatic heterocycles. The summed E-state index contributed by atoms with van der Waals surface area (Å²) in [4.78, 5) is 13.1. The lowest BCUT2D eigenvalue weighted by atomic mass is 10.0. The molecule has 0 saturated carbocycles. The van der Waals surface area contributed by atoms with E-state index in [-0.39, 0.29) is 12.4 Å². The molecule has 0 amide bonds. The molecule has 2 heterocycles. The van der Waals surface area contributed by atoms with E-state index in [9.17, 15) is 4.79 Å². The maximum absolute atomic E-state index is 12.0. The zero-order valence-corrected chi connectivity index (χ0v) is 14.1. The van der Waals surface area contributed by atoms with Crippen molar-refractivity contribution in [1.82, 2.24) is 0 Å². The largest absolute Gasteiger partial charge is 0.466 e. The standard InChI is InChI=1S/C20H16O3S/c1-2-22-18(21)12-16-20(17-8-5-11-24-17)19-14-7-4-3-6-13(14)9-10-15(19)23-16/h3-11H,2,12H2,1H3. The number of thiophene rings is 1. The molecular weight excluding hydrogens is 320 g/mol. The highest BCUT2D eigenvalue weighted by Crippen LogP contribution is 2.41. The third-order valence-corrected chi connectivity index (χ3v) is 4.92. The Morgan fingerprint density at radius 1 is 1.12 bits per heavy atom. The van der Waals surface area contributed by atoms with Crippen molar-refractivity contribution in [2.24, 2.45) is 0 Å². The van der Waals surface area contributed by atoms with Gasteiger partial charge in [-0.1, -0.05) is 36.4 Å². The first-order valence-electron chi connectivity index (χ1n) is 7.90. The van der Waals surface area contributed by atoms with Gasteiger partial charge >= 0.3 is 5.97 Å². The molecule has 0 N–H and O–H groups in total. The van der Waals surface area contributed by atoms with Gasteiger partial charge in [-0.25, -0.2) is 0 Å². The highest BCUT2D eigenvalue weighted by Gasteiger charge is 2.21. The first kappa shape index (κ1) is 15.0. The van der Waals surface area contributed by atoms with E-state index in [2.05, 4.69) is 18.2 Å². The highest BCUT2D eigenvalue weighted by molar-refractivity contribution is 7.13. The number of rotatable bonds is 4. The second-order valence-electron chi connectivity index (χ2n) is 5.52. The summed E-state index contributed by atoms with van der Waals surface area (Å²) in [6, 6.07) is 16.3. The Morgan fingerprint density at radius 3 is 2.79 bits per heavy atom. The van der Waals surface area contributed by atoms with E-state index < -0.39 is 0 Å². The molecule has 0 saturated heterocycles. The number of hydrogen-bond donors (Lipinski definition) is 0. The van der Waals surface area contributed by atoms with Crippen LogP contribution in [-0.2, 0) is 16.0 Å². The molecule has 0 aliphatic carbocycles. The van der Waals surface area contributed by atoms with Gasteiger partial charge < -0.3 is 9.15 Å². The van der Waals surface area contributed by atoms with E-state index in [1.54, 1.807) is 11.3 Å². The van der Waals surface area contributed by atoms with Gasteiger partial charge in [0, 0.05) is 15.8 Å². The van der Waals surface area contributed by atoms with Gasteiger partial charge in [-0.3, -0.25) is 4.79 Å². The molecule has 2 aromatic heterocycles. The van der Waals surface area contributed by atoms with Crippen molar-refractivity contribution in [2.45, 2.75) is 13.3 Å². The van der Waals surface area contributed by atoms with E-state index in [1.807, 2.05) is 42.6 Å². The molecule has 4 rings (SSSR count). The quantitative estimate of drug-likeness (QED) is 0.467. The number of carbonyl (C=O) groups is 1. The molecule has 4 heteroatoms. The van der Waals surface area contributed by atoms with E-state index in [1.165, 1.54) is 0 Å². The van der Waals surface area contributed by atoms with Crippen molar-refractivity contribution >= 4 is 39.0 Å². The summed E-state index contributed by atoms with van der Waals surface area (Å²) in [7, 11) is 0. The van der Waals surface area contributed by atoms with Crippen LogP contribution in [0.3, 0.4) is 0 Å². The lowest BCUT2D eigenvalue weighted by molar-refractivity contribution is -0.142. The first-order chi connectivity index (χ1) is 11.8. The summed E-state index contributed by atoms with van der Waals surface area (Å²) in [5.41, 5.74) is 1.81. The molecule has 0 bridgehead atoms. The summed E-state index contributed by atoms with van der Waals surface area (Å²) in [5, 5.41) is 5.39. The van der Waals surface area contributed by atoms with E-state index in [0.29, 0.717) is 12.4 Å². The van der Waals surface area contributed by atoms with Gasteiger partial charge in [0.1, 0.15) is 17.8 Å². The van der Waals surface area contributed by atoms with Gasteiger partial charge in [-0.15, -0.1) is 11.3 Å². The van der Waals surface area contributed by atoms with Crippen LogP contribution in [0.1, 0.15) is 12.7 Å². The maximum Gasteiger partial charge on any atom is 0.313 e. The molecule has 0 radical (unpaired) electrons. The number of hydrogen-bond acceptors (Lipinski definition) is 4. The molecule has 24 heavy (non-hydrogen) atoms. The number of ether oxygens (including phenoxy) is 1. The summed E-state index contributed by atoms with van der Waals surface area (Å²) >= 11 is 1.65. The molecule has 3 nitrogen and oxygen atoms in total. The van der Waals surface area contributed by atoms with Gasteiger partial charge in [-0.05, 0) is 35.2 Å². The Bertz CT molecular complexity index is 1010. The normalized spacial score (nSPS) is 11.2. The van der Waals surface area contributed by atoms with Crippen molar-refractivity contribution in [3.05, 3.63) is 59.7 Å². The topological polar surface area (TPSA) is 39.4 Å². The smallest absolute Gasteiger partial charge is 0.313 e. The van der Waals surface area contributed by atoms with Gasteiger partial charge in [0.2, 0.25) is 0 Å². The SMILES string of the molecule is CCOC(=O)Cc1oc2ccc3ccccc3c2c1-c1cccs1. The molecule has 0 atom stereocenters. The third kappa shape index (κ3) is 2.49. The van der Waals surface area contributed by atoms with Crippen LogP contribution >= 0.6 is 11.3 Å². The van der Waals surface area contributed by atoms with E-state index in [4.69, 9.17) is 9.15 Å². The molecule has 2 aromatic carbocycles. The Labute approximate surface area is 143 Å². The highest BCUT2D eigenvalue weighted by atomic mass is 32.1. The van der Waals surface area contributed by atoms with Gasteiger partial charge in [0.05, 0.1) is 6.61 Å². The number of carbonyl (C=O) groups excluding carboxylic acids is 1. The zero-order valence-electron chi connectivity index (χ0n) is 13.2. The fraction of sp³-hybridized carbons (Fsp3) is 0.150. The summed E-state index contributed by atoms with van der Waals surface area (Å²) in [6.45, 7) is 2.18. The zero-order chi connectivity index (χ0) is 16.5. The predicted octanol–water partition coefficient (Wildman–Crippen LogP) is 5.42. The fourth-order valence-electron chi connectivity index (χ4n) is 3.07. The predicted molar refractivity (Wildman–Crippen MR) is 97.4 cm³/mol. The van der Waals surface area contributed by atoms with Crippen LogP contribution in [0.4, 0.5) is 0 Å². The second-order valence-corrected chi connectivity index (χ2v) is 6.47. The van der Waals surface area contributed by atoms with Crippen LogP contribution in [0.2, 0.25) is 0 Å². The Kier molecular flexibility index (Phi) is 3.82. The van der Waals surface area contributed by atoms with E-state index >= 15 is 0 Å². The van der Waals surface area contributed by atoms with Crippen LogP contribution < -0.4 is 0 Å². The number of esters is 1. The summed E-state index contributed by atoms with van der Waals surface area (Å²) in [5.74, 6) is 0.404. The van der Waals surface area contributed by atoms with Crippen molar-refractivity contribution in [3.63, 3.8) is 0 Å². The Hall–Kier alpha value is -2.59. The van der Waals surface area contributed by atoms with Crippen molar-refractivity contribution < 1.29 is 13.9 Å². The fourth-order valence-corrected chi connectivity index (χ4v) is 3.86. The van der Waals surface area contributed by atoms with Crippen LogP contribution in [0.15, 0.2) is 58.3 Å². The van der Waals surface area contributed by atoms with Gasteiger partial charge in [0.15, 0.2) is 0 Å². The molecule has 120 valence electrons. The van der Waals surface area contributed by atoms with Crippen molar-refractivity contribution in [3.8, 4) is 10.4 Å². The van der Waals surface area contributed by atoms with Crippen LogP contribution in [0.25, 0.3) is 32.2 Å². The Balaban J connectivity index is 2.00. The molecule has 0 unspecified atom stereocenters. The summed E-state index contributed by atoms with van der Waals surface area (Å²) < 4.78 is 11.2. The average molecular weight is 336 g/mol. The first-order valence-corrected chi connectivity index (χ1v) is 8.78. The number of fused-ring (bicyclic) bond motifs is 3. The van der Waals surface area contributed by atoms with Crippen LogP contribution in [0, 0.1) is 0 Å². The van der Waals surface area contributed by atoms with Crippen LogP contribution in [0.5, 0.6) is 0 Å². The van der Waals surface area contributed by atoms with Crippen molar-refractivity contribution in [2.75, 3.05) is 6.61 Å². The minimum Gasteiger partial charge on any atom is -0.466 e. The minimum absolute atomic E-state index is 0.143. The molecular formula is C20H16O3S. The molecule has 0 spiro atoms. The second kappa shape index (κ2) is 6.13. The van der Waals surface area contributed by atoms with Gasteiger partial charge in [0.25, 0.3) is 0 Å². The third-order valence-electron chi connectivity index (χ3n) is 4.03. The number of furan rings is 1. The maximum atomic E-state index is 12.0. The monoisotopic (exact) mass is 336 g/mol. The average Bonchev–Trinajstić information content (AvgIpc) is 3.21. The number of benzene rings is 2. The lowest BCUT2D eigenvalue weighted by Crippen LogP contribution is -2.07. The molecule has 0 fully saturated rings.